The SMILES string of the molecule is Cc1cccc(NC(=O)Cn2nc(C(F)F)c(Cl)c2C)c1C. The van der Waals surface area contributed by atoms with Gasteiger partial charge < -0.3 is 5.32 Å². The van der Waals surface area contributed by atoms with Crippen LogP contribution in [0.1, 0.15) is 28.9 Å². The van der Waals surface area contributed by atoms with E-state index in [1.807, 2.05) is 26.0 Å². The first-order valence-corrected chi connectivity index (χ1v) is 7.06. The van der Waals surface area contributed by atoms with Gasteiger partial charge in [0.25, 0.3) is 6.43 Å². The Morgan fingerprint density at radius 2 is 2.05 bits per heavy atom. The van der Waals surface area contributed by atoms with Crippen molar-refractivity contribution >= 4 is 23.2 Å². The number of carbonyl (C=O) groups excluding carboxylic acids is 1. The highest BCUT2D eigenvalue weighted by Crippen LogP contribution is 2.28. The lowest BCUT2D eigenvalue weighted by Crippen LogP contribution is -2.21. The number of aromatic nitrogens is 2. The molecular formula is C15H16ClF2N3O. The lowest BCUT2D eigenvalue weighted by atomic mass is 10.1. The van der Waals surface area contributed by atoms with Crippen LogP contribution >= 0.6 is 11.6 Å². The Hall–Kier alpha value is -1.95. The topological polar surface area (TPSA) is 46.9 Å². The number of rotatable bonds is 4. The molecule has 0 saturated carbocycles. The largest absolute Gasteiger partial charge is 0.324 e. The van der Waals surface area contributed by atoms with E-state index in [2.05, 4.69) is 10.4 Å². The molecule has 0 aliphatic rings. The third-order valence-electron chi connectivity index (χ3n) is 3.54. The fourth-order valence-corrected chi connectivity index (χ4v) is 2.27. The zero-order chi connectivity index (χ0) is 16.4. The number of amides is 1. The molecule has 0 radical (unpaired) electrons. The summed E-state index contributed by atoms with van der Waals surface area (Å²) in [6, 6.07) is 5.56. The molecule has 22 heavy (non-hydrogen) atoms. The minimum Gasteiger partial charge on any atom is -0.324 e. The van der Waals surface area contributed by atoms with Crippen LogP contribution in [0.3, 0.4) is 0 Å². The number of alkyl halides is 2. The predicted molar refractivity (Wildman–Crippen MR) is 81.5 cm³/mol. The fraction of sp³-hybridized carbons (Fsp3) is 0.333. The normalized spacial score (nSPS) is 11.0. The van der Waals surface area contributed by atoms with E-state index in [9.17, 15) is 13.6 Å². The van der Waals surface area contributed by atoms with Gasteiger partial charge in [-0.2, -0.15) is 5.10 Å². The average Bonchev–Trinajstić information content (AvgIpc) is 2.72. The van der Waals surface area contributed by atoms with Gasteiger partial charge in [0.2, 0.25) is 5.91 Å². The molecule has 0 bridgehead atoms. The van der Waals surface area contributed by atoms with Gasteiger partial charge in [-0.3, -0.25) is 9.48 Å². The third kappa shape index (κ3) is 3.27. The number of benzene rings is 1. The zero-order valence-electron chi connectivity index (χ0n) is 12.5. The molecule has 0 spiro atoms. The lowest BCUT2D eigenvalue weighted by Gasteiger charge is -2.11. The lowest BCUT2D eigenvalue weighted by molar-refractivity contribution is -0.117. The summed E-state index contributed by atoms with van der Waals surface area (Å²) in [6.45, 7) is 5.21. The number of anilines is 1. The van der Waals surface area contributed by atoms with Crippen molar-refractivity contribution in [1.29, 1.82) is 0 Å². The monoisotopic (exact) mass is 327 g/mol. The first-order chi connectivity index (χ1) is 10.3. The van der Waals surface area contributed by atoms with Gasteiger partial charge in [0.15, 0.2) is 0 Å². The number of nitrogens with zero attached hydrogens (tertiary/aromatic N) is 2. The molecule has 1 amide bonds. The standard InChI is InChI=1S/C15H16ClF2N3O/c1-8-5-4-6-11(9(8)2)19-12(22)7-21-10(3)13(16)14(20-21)15(17)18/h4-6,15H,7H2,1-3H3,(H,19,22). The Bertz CT molecular complexity index is 713. The fourth-order valence-electron chi connectivity index (χ4n) is 2.05. The third-order valence-corrected chi connectivity index (χ3v) is 4.00. The van der Waals surface area contributed by atoms with E-state index in [1.165, 1.54) is 4.68 Å². The summed E-state index contributed by atoms with van der Waals surface area (Å²) >= 11 is 5.80. The smallest absolute Gasteiger partial charge is 0.283 e. The van der Waals surface area contributed by atoms with E-state index in [0.717, 1.165) is 11.1 Å². The van der Waals surface area contributed by atoms with E-state index in [-0.39, 0.29) is 17.5 Å². The summed E-state index contributed by atoms with van der Waals surface area (Å²) in [5, 5.41) is 6.36. The quantitative estimate of drug-likeness (QED) is 0.921. The maximum absolute atomic E-state index is 12.7. The van der Waals surface area contributed by atoms with Crippen molar-refractivity contribution in [2.75, 3.05) is 5.32 Å². The molecule has 4 nitrogen and oxygen atoms in total. The minimum atomic E-state index is -2.77. The Kier molecular flexibility index (Phi) is 4.81. The first kappa shape index (κ1) is 16.4. The second-order valence-electron chi connectivity index (χ2n) is 5.04. The molecule has 0 aliphatic heterocycles. The van der Waals surface area contributed by atoms with E-state index in [4.69, 9.17) is 11.6 Å². The second-order valence-corrected chi connectivity index (χ2v) is 5.42. The van der Waals surface area contributed by atoms with Crippen molar-refractivity contribution in [2.45, 2.75) is 33.7 Å². The van der Waals surface area contributed by atoms with Crippen molar-refractivity contribution in [1.82, 2.24) is 9.78 Å². The summed E-state index contributed by atoms with van der Waals surface area (Å²) in [5.41, 5.74) is 2.54. The van der Waals surface area contributed by atoms with Crippen molar-refractivity contribution in [3.8, 4) is 0 Å². The number of aryl methyl sites for hydroxylation is 1. The molecule has 118 valence electrons. The van der Waals surface area contributed by atoms with Crippen LogP contribution in [0, 0.1) is 20.8 Å². The van der Waals surface area contributed by atoms with Gasteiger partial charge in [0.05, 0.1) is 10.7 Å². The summed E-state index contributed by atoms with van der Waals surface area (Å²) in [4.78, 5) is 12.1. The number of halogens is 3. The summed E-state index contributed by atoms with van der Waals surface area (Å²) in [6.07, 6.45) is -2.77. The maximum Gasteiger partial charge on any atom is 0.283 e. The van der Waals surface area contributed by atoms with Gasteiger partial charge in [-0.15, -0.1) is 0 Å². The van der Waals surface area contributed by atoms with Crippen molar-refractivity contribution in [3.05, 3.63) is 45.7 Å². The number of carbonyl (C=O) groups is 1. The summed E-state index contributed by atoms with van der Waals surface area (Å²) in [5.74, 6) is -0.350. The van der Waals surface area contributed by atoms with Crippen LogP contribution in [0.5, 0.6) is 0 Å². The Balaban J connectivity index is 2.16. The Morgan fingerprint density at radius 3 is 2.64 bits per heavy atom. The van der Waals surface area contributed by atoms with Gasteiger partial charge in [-0.05, 0) is 38.0 Å². The van der Waals surface area contributed by atoms with E-state index < -0.39 is 12.1 Å². The molecule has 7 heteroatoms. The Labute approximate surface area is 132 Å². The minimum absolute atomic E-state index is 0.102. The molecule has 0 aliphatic carbocycles. The number of nitrogens with one attached hydrogen (secondary N) is 1. The van der Waals surface area contributed by atoms with Gasteiger partial charge >= 0.3 is 0 Å². The van der Waals surface area contributed by atoms with Gasteiger partial charge in [0, 0.05) is 5.69 Å². The molecule has 0 atom stereocenters. The van der Waals surface area contributed by atoms with Crippen LogP contribution in [0.15, 0.2) is 18.2 Å². The molecule has 1 aromatic heterocycles. The van der Waals surface area contributed by atoms with E-state index in [1.54, 1.807) is 13.0 Å². The molecule has 1 aromatic carbocycles. The molecular weight excluding hydrogens is 312 g/mol. The maximum atomic E-state index is 12.7. The zero-order valence-corrected chi connectivity index (χ0v) is 13.2. The summed E-state index contributed by atoms with van der Waals surface area (Å²) in [7, 11) is 0. The highest BCUT2D eigenvalue weighted by molar-refractivity contribution is 6.31. The van der Waals surface area contributed by atoms with Crippen molar-refractivity contribution in [2.24, 2.45) is 0 Å². The van der Waals surface area contributed by atoms with Crippen LogP contribution in [0.4, 0.5) is 14.5 Å². The van der Waals surface area contributed by atoms with Crippen LogP contribution in [0.25, 0.3) is 0 Å². The van der Waals surface area contributed by atoms with Crippen LogP contribution in [0.2, 0.25) is 5.02 Å². The second kappa shape index (κ2) is 6.44. The molecule has 2 aromatic rings. The van der Waals surface area contributed by atoms with Crippen LogP contribution < -0.4 is 5.32 Å². The molecule has 0 saturated heterocycles. The van der Waals surface area contributed by atoms with Gasteiger partial charge in [0.1, 0.15) is 12.2 Å². The molecule has 0 fully saturated rings. The van der Waals surface area contributed by atoms with Crippen LogP contribution in [-0.4, -0.2) is 15.7 Å². The number of hydrogen-bond donors (Lipinski definition) is 1. The van der Waals surface area contributed by atoms with Crippen molar-refractivity contribution in [3.63, 3.8) is 0 Å². The average molecular weight is 328 g/mol. The predicted octanol–water partition coefficient (Wildman–Crippen LogP) is 4.04. The van der Waals surface area contributed by atoms with Gasteiger partial charge in [-0.1, -0.05) is 23.7 Å². The Morgan fingerprint density at radius 1 is 1.36 bits per heavy atom. The van der Waals surface area contributed by atoms with E-state index >= 15 is 0 Å². The highest BCUT2D eigenvalue weighted by Gasteiger charge is 2.21. The molecule has 1 heterocycles. The number of hydrogen-bond acceptors (Lipinski definition) is 2. The highest BCUT2D eigenvalue weighted by atomic mass is 35.5. The first-order valence-electron chi connectivity index (χ1n) is 6.68. The van der Waals surface area contributed by atoms with E-state index in [0.29, 0.717) is 11.4 Å². The van der Waals surface area contributed by atoms with Crippen molar-refractivity contribution < 1.29 is 13.6 Å². The molecule has 0 unspecified atom stereocenters. The molecule has 2 rings (SSSR count). The molecule has 1 N–H and O–H groups in total. The summed E-state index contributed by atoms with van der Waals surface area (Å²) < 4.78 is 26.7. The van der Waals surface area contributed by atoms with Gasteiger partial charge in [-0.25, -0.2) is 8.78 Å². The van der Waals surface area contributed by atoms with Crippen LogP contribution in [-0.2, 0) is 11.3 Å².